The molecule has 0 spiro atoms. The normalized spacial score (nSPS) is 15.6. The van der Waals surface area contributed by atoms with Crippen LogP contribution >= 0.6 is 22.9 Å². The standard InChI is InChI=1S/C22H20ClN3O2S/c23-14-5-6-18-16(13-14)20(28)19-15-3-1-2-4-17(15)24-22(21(19)29-18)26-9-7-25(8-10-26)11-12-27/h1-6,13,27H,7-12H2. The number of para-hydroxylation sites is 1. The third kappa shape index (κ3) is 3.26. The van der Waals surface area contributed by atoms with Crippen LogP contribution in [-0.2, 0) is 0 Å². The number of aromatic nitrogens is 1. The van der Waals surface area contributed by atoms with E-state index in [1.807, 2.05) is 36.4 Å². The molecule has 2 aromatic heterocycles. The van der Waals surface area contributed by atoms with Crippen LogP contribution in [0.2, 0.25) is 5.02 Å². The van der Waals surface area contributed by atoms with Crippen LogP contribution in [0.4, 0.5) is 5.82 Å². The van der Waals surface area contributed by atoms with Crippen LogP contribution < -0.4 is 10.3 Å². The Kier molecular flexibility index (Phi) is 4.87. The van der Waals surface area contributed by atoms with E-state index in [0.717, 1.165) is 57.7 Å². The number of aliphatic hydroxyl groups is 1. The third-order valence-electron chi connectivity index (χ3n) is 5.54. The van der Waals surface area contributed by atoms with Crippen LogP contribution in [0.5, 0.6) is 0 Å². The predicted molar refractivity (Wildman–Crippen MR) is 122 cm³/mol. The van der Waals surface area contributed by atoms with Gasteiger partial charge in [0.1, 0.15) is 5.82 Å². The number of nitrogens with zero attached hydrogens (tertiary/aromatic N) is 3. The lowest BCUT2D eigenvalue weighted by atomic mass is 10.1. The van der Waals surface area contributed by atoms with Gasteiger partial charge < -0.3 is 10.0 Å². The van der Waals surface area contributed by atoms with Gasteiger partial charge in [-0.1, -0.05) is 29.8 Å². The van der Waals surface area contributed by atoms with Crippen LogP contribution in [0.25, 0.3) is 31.1 Å². The number of halogens is 1. The molecule has 0 aliphatic carbocycles. The molecule has 0 unspecified atom stereocenters. The molecule has 0 amide bonds. The van der Waals surface area contributed by atoms with E-state index < -0.39 is 0 Å². The lowest BCUT2D eigenvalue weighted by molar-refractivity contribution is 0.188. The van der Waals surface area contributed by atoms with E-state index in [1.54, 1.807) is 17.4 Å². The highest BCUT2D eigenvalue weighted by atomic mass is 35.5. The Morgan fingerprint density at radius 3 is 2.66 bits per heavy atom. The first-order valence-electron chi connectivity index (χ1n) is 9.68. The minimum atomic E-state index is 0.00927. The second kappa shape index (κ2) is 7.54. The van der Waals surface area contributed by atoms with Crippen LogP contribution in [0.15, 0.2) is 47.3 Å². The first-order chi connectivity index (χ1) is 14.2. The van der Waals surface area contributed by atoms with Gasteiger partial charge in [0.05, 0.1) is 22.2 Å². The van der Waals surface area contributed by atoms with Gasteiger partial charge >= 0.3 is 0 Å². The van der Waals surface area contributed by atoms with Crippen molar-refractivity contribution in [1.82, 2.24) is 9.88 Å². The molecule has 29 heavy (non-hydrogen) atoms. The van der Waals surface area contributed by atoms with Crippen molar-refractivity contribution in [3.05, 3.63) is 57.7 Å². The van der Waals surface area contributed by atoms with Crippen LogP contribution in [-0.4, -0.2) is 54.3 Å². The van der Waals surface area contributed by atoms with Crippen molar-refractivity contribution in [2.45, 2.75) is 0 Å². The summed E-state index contributed by atoms with van der Waals surface area (Å²) in [4.78, 5) is 23.0. The van der Waals surface area contributed by atoms with Crippen molar-refractivity contribution in [3.63, 3.8) is 0 Å². The quantitative estimate of drug-likeness (QED) is 0.400. The monoisotopic (exact) mass is 425 g/mol. The van der Waals surface area contributed by atoms with Crippen molar-refractivity contribution in [1.29, 1.82) is 0 Å². The lowest BCUT2D eigenvalue weighted by Crippen LogP contribution is -2.47. The second-order valence-corrected chi connectivity index (χ2v) is 8.77. The number of rotatable bonds is 3. The maximum Gasteiger partial charge on any atom is 0.196 e. The molecule has 3 heterocycles. The van der Waals surface area contributed by atoms with Crippen LogP contribution in [0, 0.1) is 0 Å². The number of hydrogen-bond donors (Lipinski definition) is 1. The molecule has 1 N–H and O–H groups in total. The molecular weight excluding hydrogens is 406 g/mol. The molecule has 7 heteroatoms. The summed E-state index contributed by atoms with van der Waals surface area (Å²) < 4.78 is 1.85. The summed E-state index contributed by atoms with van der Waals surface area (Å²) >= 11 is 7.78. The van der Waals surface area contributed by atoms with Gasteiger partial charge in [0.25, 0.3) is 0 Å². The third-order valence-corrected chi connectivity index (χ3v) is 6.95. The Hall–Kier alpha value is -2.25. The maximum atomic E-state index is 13.5. The van der Waals surface area contributed by atoms with Gasteiger partial charge in [-0.25, -0.2) is 4.98 Å². The van der Waals surface area contributed by atoms with Crippen molar-refractivity contribution in [3.8, 4) is 0 Å². The Balaban J connectivity index is 1.76. The van der Waals surface area contributed by atoms with Gasteiger partial charge in [0.2, 0.25) is 0 Å². The number of fused-ring (bicyclic) bond motifs is 4. The number of pyridine rings is 1. The number of hydrogen-bond acceptors (Lipinski definition) is 6. The summed E-state index contributed by atoms with van der Waals surface area (Å²) in [6, 6.07) is 13.3. The molecule has 5 rings (SSSR count). The van der Waals surface area contributed by atoms with Crippen LogP contribution in [0.3, 0.4) is 0 Å². The van der Waals surface area contributed by atoms with Crippen molar-refractivity contribution < 1.29 is 5.11 Å². The van der Waals surface area contributed by atoms with E-state index in [-0.39, 0.29) is 12.0 Å². The molecule has 0 saturated carbocycles. The highest BCUT2D eigenvalue weighted by Gasteiger charge is 2.22. The molecule has 2 aromatic carbocycles. The molecule has 5 nitrogen and oxygen atoms in total. The SMILES string of the molecule is O=c1c2cc(Cl)ccc2sc2c(N3CCN(CCO)CC3)nc3ccccc3c12. The van der Waals surface area contributed by atoms with Gasteiger partial charge in [-0.05, 0) is 24.3 Å². The first kappa shape index (κ1) is 18.8. The number of piperazine rings is 1. The van der Waals surface area contributed by atoms with E-state index >= 15 is 0 Å². The second-order valence-electron chi connectivity index (χ2n) is 7.28. The maximum absolute atomic E-state index is 13.5. The summed E-state index contributed by atoms with van der Waals surface area (Å²) in [6.45, 7) is 4.25. The van der Waals surface area contributed by atoms with Gasteiger partial charge in [0.15, 0.2) is 5.43 Å². The Labute approximate surface area is 176 Å². The van der Waals surface area contributed by atoms with Gasteiger partial charge in [-0.2, -0.15) is 0 Å². The minimum Gasteiger partial charge on any atom is -0.395 e. The topological polar surface area (TPSA) is 56.7 Å². The van der Waals surface area contributed by atoms with E-state index in [1.165, 1.54) is 0 Å². The fourth-order valence-electron chi connectivity index (χ4n) is 4.06. The Bertz CT molecular complexity index is 1280. The first-order valence-corrected chi connectivity index (χ1v) is 10.9. The molecule has 1 aliphatic rings. The minimum absolute atomic E-state index is 0.00927. The van der Waals surface area contributed by atoms with Gasteiger partial charge in [-0.3, -0.25) is 9.69 Å². The molecule has 148 valence electrons. The van der Waals surface area contributed by atoms with E-state index in [4.69, 9.17) is 16.6 Å². The zero-order valence-corrected chi connectivity index (χ0v) is 17.3. The highest BCUT2D eigenvalue weighted by Crippen LogP contribution is 2.36. The molecule has 1 saturated heterocycles. The average molecular weight is 426 g/mol. The van der Waals surface area contributed by atoms with Crippen molar-refractivity contribution in [2.24, 2.45) is 0 Å². The molecule has 1 fully saturated rings. The molecule has 0 radical (unpaired) electrons. The van der Waals surface area contributed by atoms with Gasteiger partial charge in [-0.15, -0.1) is 11.3 Å². The number of aliphatic hydroxyl groups excluding tert-OH is 1. The molecule has 1 aliphatic heterocycles. The smallest absolute Gasteiger partial charge is 0.196 e. The Morgan fingerprint density at radius 1 is 1.07 bits per heavy atom. The summed E-state index contributed by atoms with van der Waals surface area (Å²) in [5, 5.41) is 12.0. The van der Waals surface area contributed by atoms with E-state index in [2.05, 4.69) is 9.80 Å². The summed E-state index contributed by atoms with van der Waals surface area (Å²) in [7, 11) is 0. The average Bonchev–Trinajstić information content (AvgIpc) is 2.74. The largest absolute Gasteiger partial charge is 0.395 e. The van der Waals surface area contributed by atoms with Crippen molar-refractivity contribution in [2.75, 3.05) is 44.2 Å². The number of β-amino-alcohol motifs (C(OH)–C–C–N with tert-alkyl or cyclic N) is 1. The zero-order chi connectivity index (χ0) is 20.0. The molecule has 0 bridgehead atoms. The van der Waals surface area contributed by atoms with Crippen LogP contribution in [0.1, 0.15) is 0 Å². The fraction of sp³-hybridized carbons (Fsp3) is 0.273. The van der Waals surface area contributed by atoms with Gasteiger partial charge in [0, 0.05) is 53.2 Å². The molecule has 4 aromatic rings. The predicted octanol–water partition coefficient (Wildman–Crippen LogP) is 3.73. The number of anilines is 1. The number of benzene rings is 2. The molecule has 0 atom stereocenters. The van der Waals surface area contributed by atoms with E-state index in [0.29, 0.717) is 17.0 Å². The van der Waals surface area contributed by atoms with Crippen molar-refractivity contribution >= 4 is 59.8 Å². The highest BCUT2D eigenvalue weighted by molar-refractivity contribution is 7.25. The Morgan fingerprint density at radius 2 is 1.86 bits per heavy atom. The van der Waals surface area contributed by atoms with E-state index in [9.17, 15) is 9.90 Å². The zero-order valence-electron chi connectivity index (χ0n) is 15.8. The summed E-state index contributed by atoms with van der Waals surface area (Å²) in [5.41, 5.74) is 0.841. The lowest BCUT2D eigenvalue weighted by Gasteiger charge is -2.35. The summed E-state index contributed by atoms with van der Waals surface area (Å²) in [5.74, 6) is 0.876. The molecular formula is C22H20ClN3O2S. The fourth-order valence-corrected chi connectivity index (χ4v) is 5.42. The summed E-state index contributed by atoms with van der Waals surface area (Å²) in [6.07, 6.45) is 0.